The molecule has 0 aromatic carbocycles. The highest BCUT2D eigenvalue weighted by Gasteiger charge is 2.00. The molecule has 1 unspecified atom stereocenters. The Kier molecular flexibility index (Phi) is 9.53. The van der Waals surface area contributed by atoms with Gasteiger partial charge in [0.1, 0.15) is 0 Å². The molecule has 0 aliphatic heterocycles. The van der Waals surface area contributed by atoms with Gasteiger partial charge in [-0.2, -0.15) is 0 Å². The minimum absolute atomic E-state index is 0.775. The van der Waals surface area contributed by atoms with Gasteiger partial charge in [-0.3, -0.25) is 0 Å². The molecular formula is C16H27Br. The second kappa shape index (κ2) is 9.70. The highest BCUT2D eigenvalue weighted by Crippen LogP contribution is 2.16. The predicted molar refractivity (Wildman–Crippen MR) is 83.8 cm³/mol. The summed E-state index contributed by atoms with van der Waals surface area (Å²) < 4.78 is 0. The third-order valence-corrected chi connectivity index (χ3v) is 3.37. The quantitative estimate of drug-likeness (QED) is 0.305. The van der Waals surface area contributed by atoms with Crippen molar-refractivity contribution in [1.29, 1.82) is 0 Å². The minimum atomic E-state index is 0.775. The molecule has 0 fully saturated rings. The van der Waals surface area contributed by atoms with Crippen LogP contribution in [0.25, 0.3) is 0 Å². The van der Waals surface area contributed by atoms with E-state index < -0.39 is 0 Å². The van der Waals surface area contributed by atoms with Gasteiger partial charge >= 0.3 is 0 Å². The molecule has 0 aromatic heterocycles. The molecule has 0 aliphatic carbocycles. The number of hydrogen-bond acceptors (Lipinski definition) is 0. The number of alkyl halides is 1. The van der Waals surface area contributed by atoms with E-state index in [1.807, 2.05) is 0 Å². The van der Waals surface area contributed by atoms with Crippen LogP contribution >= 0.6 is 15.9 Å². The average Bonchev–Trinajstić information content (AvgIpc) is 2.25. The zero-order valence-electron chi connectivity index (χ0n) is 12.0. The van der Waals surface area contributed by atoms with Gasteiger partial charge in [0, 0.05) is 5.33 Å². The lowest BCUT2D eigenvalue weighted by Gasteiger charge is -2.08. The summed E-state index contributed by atoms with van der Waals surface area (Å²) in [6, 6.07) is 0. The third-order valence-electron chi connectivity index (χ3n) is 3.04. The molecule has 0 radical (unpaired) electrons. The van der Waals surface area contributed by atoms with E-state index in [2.05, 4.69) is 68.8 Å². The minimum Gasteiger partial charge on any atom is -0.0883 e. The van der Waals surface area contributed by atoms with Crippen molar-refractivity contribution in [1.82, 2.24) is 0 Å². The van der Waals surface area contributed by atoms with Crippen LogP contribution in [0.2, 0.25) is 0 Å². The van der Waals surface area contributed by atoms with Crippen molar-refractivity contribution >= 4 is 15.9 Å². The summed E-state index contributed by atoms with van der Waals surface area (Å²) in [5.41, 5.74) is 4.23. The predicted octanol–water partition coefficient (Wildman–Crippen LogP) is 6.05. The Morgan fingerprint density at radius 2 is 1.59 bits per heavy atom. The summed E-state index contributed by atoms with van der Waals surface area (Å²) in [6.45, 7) is 11.1. The van der Waals surface area contributed by atoms with Crippen molar-refractivity contribution in [3.05, 3.63) is 34.9 Å². The lowest BCUT2D eigenvalue weighted by molar-refractivity contribution is 0.544. The van der Waals surface area contributed by atoms with Gasteiger partial charge in [-0.25, -0.2) is 0 Å². The Morgan fingerprint density at radius 3 is 2.12 bits per heavy atom. The molecule has 0 nitrogen and oxygen atoms in total. The average molecular weight is 299 g/mol. The summed E-state index contributed by atoms with van der Waals surface area (Å²) >= 11 is 3.44. The van der Waals surface area contributed by atoms with Gasteiger partial charge in [0.25, 0.3) is 0 Å². The Hall–Kier alpha value is -0.300. The van der Waals surface area contributed by atoms with E-state index in [1.165, 1.54) is 36.0 Å². The first-order valence-corrected chi connectivity index (χ1v) is 7.62. The summed E-state index contributed by atoms with van der Waals surface area (Å²) in [5.74, 6) is 0.775. The molecule has 1 heteroatoms. The van der Waals surface area contributed by atoms with Crippen LogP contribution in [0.15, 0.2) is 34.9 Å². The molecule has 0 heterocycles. The van der Waals surface area contributed by atoms with Crippen LogP contribution in [-0.4, -0.2) is 5.33 Å². The molecule has 0 aromatic rings. The molecule has 1 atom stereocenters. The van der Waals surface area contributed by atoms with E-state index in [0.29, 0.717) is 0 Å². The number of allylic oxidation sites excluding steroid dienone is 6. The SMILES string of the molecule is CC(C)=CCCC(C)C/C=C(C)/C(C)=C/CBr. The van der Waals surface area contributed by atoms with E-state index in [0.717, 1.165) is 11.2 Å². The van der Waals surface area contributed by atoms with Gasteiger partial charge in [-0.15, -0.1) is 0 Å². The molecule has 0 bridgehead atoms. The number of hydrogen-bond donors (Lipinski definition) is 0. The summed E-state index contributed by atoms with van der Waals surface area (Å²) in [6.07, 6.45) is 10.6. The first kappa shape index (κ1) is 16.7. The maximum absolute atomic E-state index is 3.44. The maximum atomic E-state index is 3.44. The normalized spacial score (nSPS) is 14.7. The van der Waals surface area contributed by atoms with Gasteiger partial charge in [0.2, 0.25) is 0 Å². The molecule has 0 amide bonds. The Morgan fingerprint density at radius 1 is 1.00 bits per heavy atom. The fourth-order valence-corrected chi connectivity index (χ4v) is 2.08. The van der Waals surface area contributed by atoms with Gasteiger partial charge in [0.05, 0.1) is 0 Å². The van der Waals surface area contributed by atoms with Gasteiger partial charge in [-0.1, -0.05) is 57.8 Å². The molecule has 0 saturated heterocycles. The first-order chi connectivity index (χ1) is 7.97. The monoisotopic (exact) mass is 298 g/mol. The van der Waals surface area contributed by atoms with Gasteiger partial charge in [-0.05, 0) is 52.9 Å². The van der Waals surface area contributed by atoms with Crippen molar-refractivity contribution in [2.75, 3.05) is 5.33 Å². The van der Waals surface area contributed by atoms with Crippen LogP contribution in [-0.2, 0) is 0 Å². The zero-order valence-corrected chi connectivity index (χ0v) is 13.6. The van der Waals surface area contributed by atoms with Crippen LogP contribution in [0.4, 0.5) is 0 Å². The molecule has 0 saturated carbocycles. The second-order valence-electron chi connectivity index (χ2n) is 5.13. The van der Waals surface area contributed by atoms with Crippen LogP contribution in [0.3, 0.4) is 0 Å². The largest absolute Gasteiger partial charge is 0.0883 e. The maximum Gasteiger partial charge on any atom is 0.0217 e. The van der Waals surface area contributed by atoms with Crippen LogP contribution < -0.4 is 0 Å². The first-order valence-electron chi connectivity index (χ1n) is 6.50. The van der Waals surface area contributed by atoms with Gasteiger partial charge in [0.15, 0.2) is 0 Å². The molecule has 0 N–H and O–H groups in total. The Bertz CT molecular complexity index is 291. The van der Waals surface area contributed by atoms with E-state index in [9.17, 15) is 0 Å². The number of halogens is 1. The van der Waals surface area contributed by atoms with Crippen molar-refractivity contribution in [3.8, 4) is 0 Å². The summed E-state index contributed by atoms with van der Waals surface area (Å²) in [5, 5.41) is 0.945. The molecule has 0 spiro atoms. The fourth-order valence-electron chi connectivity index (χ4n) is 1.59. The van der Waals surface area contributed by atoms with E-state index in [4.69, 9.17) is 0 Å². The topological polar surface area (TPSA) is 0 Å². The van der Waals surface area contributed by atoms with E-state index >= 15 is 0 Å². The Balaban J connectivity index is 4.05. The second-order valence-corrected chi connectivity index (χ2v) is 5.78. The highest BCUT2D eigenvalue weighted by atomic mass is 79.9. The summed E-state index contributed by atoms with van der Waals surface area (Å²) in [7, 11) is 0. The van der Waals surface area contributed by atoms with Crippen molar-refractivity contribution in [3.63, 3.8) is 0 Å². The van der Waals surface area contributed by atoms with Crippen molar-refractivity contribution < 1.29 is 0 Å². The zero-order chi connectivity index (χ0) is 13.3. The standard InChI is InChI=1S/C16H27Br/c1-13(2)7-6-8-14(3)9-10-15(4)16(5)11-12-17/h7,10-11,14H,6,8-9,12H2,1-5H3/b15-10+,16-11+. The van der Waals surface area contributed by atoms with Gasteiger partial charge < -0.3 is 0 Å². The van der Waals surface area contributed by atoms with Crippen LogP contribution in [0.1, 0.15) is 53.9 Å². The van der Waals surface area contributed by atoms with Crippen molar-refractivity contribution in [2.45, 2.75) is 53.9 Å². The summed E-state index contributed by atoms with van der Waals surface area (Å²) in [4.78, 5) is 0. The fraction of sp³-hybridized carbons (Fsp3) is 0.625. The molecule has 98 valence electrons. The third kappa shape index (κ3) is 9.41. The van der Waals surface area contributed by atoms with E-state index in [-0.39, 0.29) is 0 Å². The van der Waals surface area contributed by atoms with Crippen LogP contribution in [0.5, 0.6) is 0 Å². The lowest BCUT2D eigenvalue weighted by atomic mass is 9.98. The molecule has 0 aliphatic rings. The molecule has 17 heavy (non-hydrogen) atoms. The van der Waals surface area contributed by atoms with E-state index in [1.54, 1.807) is 0 Å². The molecular weight excluding hydrogens is 272 g/mol. The molecule has 0 rings (SSSR count). The van der Waals surface area contributed by atoms with Crippen LogP contribution in [0, 0.1) is 5.92 Å². The highest BCUT2D eigenvalue weighted by molar-refractivity contribution is 9.09. The lowest BCUT2D eigenvalue weighted by Crippen LogP contribution is -1.93. The smallest absolute Gasteiger partial charge is 0.0217 e. The Labute approximate surface area is 116 Å². The number of rotatable bonds is 7. The van der Waals surface area contributed by atoms with Crippen molar-refractivity contribution in [2.24, 2.45) is 5.92 Å².